The van der Waals surface area contributed by atoms with Crippen LogP contribution in [0.5, 0.6) is 0 Å². The molecule has 0 amide bonds. The second-order valence-electron chi connectivity index (χ2n) is 10.3. The summed E-state index contributed by atoms with van der Waals surface area (Å²) in [6.45, 7) is 6.12. The van der Waals surface area contributed by atoms with Crippen LogP contribution in [0.2, 0.25) is 0 Å². The molecular weight excluding hydrogens is 464 g/mol. The second-order valence-corrected chi connectivity index (χ2v) is 10.3. The first-order chi connectivity index (χ1) is 18.2. The van der Waals surface area contributed by atoms with Crippen LogP contribution < -0.4 is 15.1 Å². The predicted octanol–water partition coefficient (Wildman–Crippen LogP) is 2.77. The maximum Gasteiger partial charge on any atom is 0.194 e. The normalized spacial score (nSPS) is 20.6. The van der Waals surface area contributed by atoms with Gasteiger partial charge in [-0.15, -0.1) is 0 Å². The number of hydrogen-bond donors (Lipinski definition) is 2. The summed E-state index contributed by atoms with van der Waals surface area (Å²) in [5, 5.41) is 22.5. The van der Waals surface area contributed by atoms with Crippen LogP contribution in [0.4, 0.5) is 11.5 Å². The van der Waals surface area contributed by atoms with Crippen molar-refractivity contribution in [2.45, 2.75) is 51.1 Å². The van der Waals surface area contributed by atoms with Crippen molar-refractivity contribution in [2.75, 3.05) is 55.7 Å². The van der Waals surface area contributed by atoms with Gasteiger partial charge in [0.1, 0.15) is 11.9 Å². The molecule has 1 aliphatic carbocycles. The van der Waals surface area contributed by atoms with Crippen LogP contribution in [0.25, 0.3) is 0 Å². The molecule has 2 aromatic rings. The molecule has 5 rings (SSSR count). The number of guanidine groups is 1. The fourth-order valence-corrected chi connectivity index (χ4v) is 5.31. The topological polar surface area (TPSA) is 104 Å². The fourth-order valence-electron chi connectivity index (χ4n) is 5.31. The van der Waals surface area contributed by atoms with Gasteiger partial charge < -0.3 is 25.1 Å². The molecule has 1 unspecified atom stereocenters. The number of rotatable bonds is 8. The standard InChI is InChI=1S/C28H38N8O/c29-17-24-8-10-30-21-26(24)34-12-14-35(15-13-34)28(32-18-22-4-5-22)33-20-23-6-7-27(31-19-23)36-11-2-1-3-25(36)9-16-37/h6-8,10,19,21-22,25,37H,1-5,9,11-16,18,20H2,(H,32,33). The summed E-state index contributed by atoms with van der Waals surface area (Å²) in [5.41, 5.74) is 2.68. The Bertz CT molecular complexity index is 1080. The Morgan fingerprint density at radius 1 is 1.08 bits per heavy atom. The van der Waals surface area contributed by atoms with Gasteiger partial charge in [-0.1, -0.05) is 6.07 Å². The van der Waals surface area contributed by atoms with Crippen molar-refractivity contribution in [3.05, 3.63) is 47.9 Å². The van der Waals surface area contributed by atoms with Gasteiger partial charge >= 0.3 is 0 Å². The molecule has 0 aromatic carbocycles. The van der Waals surface area contributed by atoms with Gasteiger partial charge in [0.15, 0.2) is 5.96 Å². The van der Waals surface area contributed by atoms with Gasteiger partial charge in [0, 0.05) is 64.3 Å². The molecule has 9 nitrogen and oxygen atoms in total. The Morgan fingerprint density at radius 2 is 1.95 bits per heavy atom. The van der Waals surface area contributed by atoms with E-state index in [0.717, 1.165) is 81.1 Å². The van der Waals surface area contributed by atoms with E-state index >= 15 is 0 Å². The number of pyridine rings is 2. The number of hydrogen-bond acceptors (Lipinski definition) is 7. The van der Waals surface area contributed by atoms with Gasteiger partial charge in [-0.3, -0.25) is 4.98 Å². The van der Waals surface area contributed by atoms with E-state index in [-0.39, 0.29) is 6.61 Å². The minimum Gasteiger partial charge on any atom is -0.396 e. The lowest BCUT2D eigenvalue weighted by Crippen LogP contribution is -2.53. The summed E-state index contributed by atoms with van der Waals surface area (Å²) in [6.07, 6.45) is 12.3. The number of nitrogens with one attached hydrogen (secondary N) is 1. The van der Waals surface area contributed by atoms with Crippen LogP contribution in [0, 0.1) is 17.2 Å². The van der Waals surface area contributed by atoms with E-state index in [9.17, 15) is 10.4 Å². The van der Waals surface area contributed by atoms with Gasteiger partial charge in [0.05, 0.1) is 24.0 Å². The third kappa shape index (κ3) is 6.50. The summed E-state index contributed by atoms with van der Waals surface area (Å²) < 4.78 is 0. The van der Waals surface area contributed by atoms with Crippen LogP contribution in [0.3, 0.4) is 0 Å². The SMILES string of the molecule is N#Cc1ccncc1N1CCN(C(=NCc2ccc(N3CCCCC3CCO)nc2)NCC2CC2)CC1. The maximum absolute atomic E-state index is 9.46. The number of aliphatic hydroxyl groups excluding tert-OH is 1. The average molecular weight is 503 g/mol. The van der Waals surface area contributed by atoms with Crippen molar-refractivity contribution in [1.82, 2.24) is 20.2 Å². The zero-order chi connectivity index (χ0) is 25.5. The molecule has 2 aliphatic heterocycles. The van der Waals surface area contributed by atoms with Gasteiger partial charge in [-0.25, -0.2) is 9.98 Å². The van der Waals surface area contributed by atoms with Crippen molar-refractivity contribution < 1.29 is 5.11 Å². The molecule has 2 N–H and O–H groups in total. The first-order valence-electron chi connectivity index (χ1n) is 13.7. The molecule has 4 heterocycles. The smallest absolute Gasteiger partial charge is 0.194 e. The number of nitriles is 1. The minimum absolute atomic E-state index is 0.223. The average Bonchev–Trinajstić information content (AvgIpc) is 3.79. The Hall–Kier alpha value is -3.38. The van der Waals surface area contributed by atoms with Gasteiger partial charge in [0.2, 0.25) is 0 Å². The number of aliphatic imine (C=N–C) groups is 1. The van der Waals surface area contributed by atoms with Crippen molar-refractivity contribution in [1.29, 1.82) is 5.26 Å². The van der Waals surface area contributed by atoms with Crippen molar-refractivity contribution in [3.8, 4) is 6.07 Å². The monoisotopic (exact) mass is 502 g/mol. The molecule has 0 bridgehead atoms. The Kier molecular flexibility index (Phi) is 8.36. The summed E-state index contributed by atoms with van der Waals surface area (Å²) in [5.74, 6) is 2.72. The summed E-state index contributed by atoms with van der Waals surface area (Å²) in [6, 6.07) is 8.69. The molecule has 0 spiro atoms. The molecule has 1 atom stereocenters. The van der Waals surface area contributed by atoms with Crippen LogP contribution in [-0.2, 0) is 6.54 Å². The van der Waals surface area contributed by atoms with Gasteiger partial charge in [-0.05, 0) is 62.1 Å². The number of nitrogens with zero attached hydrogens (tertiary/aromatic N) is 7. The van der Waals surface area contributed by atoms with E-state index in [4.69, 9.17) is 9.98 Å². The van der Waals surface area contributed by atoms with E-state index in [0.29, 0.717) is 18.2 Å². The zero-order valence-electron chi connectivity index (χ0n) is 21.6. The van der Waals surface area contributed by atoms with Crippen LogP contribution in [0.15, 0.2) is 41.8 Å². The molecule has 2 aromatic heterocycles. The van der Waals surface area contributed by atoms with Crippen molar-refractivity contribution in [2.24, 2.45) is 10.9 Å². The number of aromatic nitrogens is 2. The number of aliphatic hydroxyl groups is 1. The van der Waals surface area contributed by atoms with E-state index < -0.39 is 0 Å². The molecule has 3 fully saturated rings. The van der Waals surface area contributed by atoms with Gasteiger partial charge in [-0.2, -0.15) is 5.26 Å². The highest BCUT2D eigenvalue weighted by atomic mass is 16.3. The number of piperazine rings is 1. The van der Waals surface area contributed by atoms with Crippen molar-refractivity contribution in [3.63, 3.8) is 0 Å². The number of anilines is 2. The van der Waals surface area contributed by atoms with E-state index in [2.05, 4.69) is 43.2 Å². The van der Waals surface area contributed by atoms with Gasteiger partial charge in [0.25, 0.3) is 0 Å². The molecule has 1 saturated carbocycles. The third-order valence-electron chi connectivity index (χ3n) is 7.69. The Morgan fingerprint density at radius 3 is 2.68 bits per heavy atom. The van der Waals surface area contributed by atoms with E-state index in [1.165, 1.54) is 25.7 Å². The van der Waals surface area contributed by atoms with E-state index in [1.54, 1.807) is 18.5 Å². The largest absolute Gasteiger partial charge is 0.396 e. The Labute approximate surface area is 219 Å². The fraction of sp³-hybridized carbons (Fsp3) is 0.571. The molecule has 9 heteroatoms. The van der Waals surface area contributed by atoms with Crippen LogP contribution >= 0.6 is 0 Å². The summed E-state index contributed by atoms with van der Waals surface area (Å²) in [4.78, 5) is 20.9. The highest BCUT2D eigenvalue weighted by Gasteiger charge is 2.26. The molecular formula is C28H38N8O. The molecule has 3 aliphatic rings. The lowest BCUT2D eigenvalue weighted by atomic mass is 9.99. The van der Waals surface area contributed by atoms with Crippen LogP contribution in [0.1, 0.15) is 49.7 Å². The minimum atomic E-state index is 0.223. The summed E-state index contributed by atoms with van der Waals surface area (Å²) in [7, 11) is 0. The predicted molar refractivity (Wildman–Crippen MR) is 146 cm³/mol. The third-order valence-corrected chi connectivity index (χ3v) is 7.69. The molecule has 0 radical (unpaired) electrons. The lowest BCUT2D eigenvalue weighted by Gasteiger charge is -2.38. The molecule has 196 valence electrons. The zero-order valence-corrected chi connectivity index (χ0v) is 21.6. The van der Waals surface area contributed by atoms with Crippen molar-refractivity contribution >= 4 is 17.5 Å². The molecule has 2 saturated heterocycles. The molecule has 37 heavy (non-hydrogen) atoms. The van der Waals surface area contributed by atoms with E-state index in [1.807, 2.05) is 6.20 Å². The Balaban J connectivity index is 1.22. The quantitative estimate of drug-likeness (QED) is 0.420. The maximum atomic E-state index is 9.46. The highest BCUT2D eigenvalue weighted by molar-refractivity contribution is 5.80. The number of piperidine rings is 1. The lowest BCUT2D eigenvalue weighted by molar-refractivity contribution is 0.262. The highest BCUT2D eigenvalue weighted by Crippen LogP contribution is 2.28. The first kappa shape index (κ1) is 25.3. The summed E-state index contributed by atoms with van der Waals surface area (Å²) >= 11 is 0. The van der Waals surface area contributed by atoms with Crippen LogP contribution in [-0.4, -0.2) is 77.9 Å². The second kappa shape index (κ2) is 12.2. The first-order valence-corrected chi connectivity index (χ1v) is 13.7.